The maximum Gasteiger partial charge on any atom is 0.137 e. The van der Waals surface area contributed by atoms with Crippen LogP contribution < -0.4 is 21.1 Å². The van der Waals surface area contributed by atoms with Gasteiger partial charge in [-0.3, -0.25) is 0 Å². The average molecular weight is 498 g/mol. The highest BCUT2D eigenvalue weighted by molar-refractivity contribution is 6.32. The second-order valence-corrected chi connectivity index (χ2v) is 8.90. The van der Waals surface area contributed by atoms with Crippen LogP contribution in [0.25, 0.3) is 0 Å². The SMILES string of the molecule is CC(C)(c1ccc(OCC(O)CN(N)/C(=C\N)CO)cc1)c1ccc(OCCCCl)c(Cl)c1. The molecule has 0 aliphatic heterocycles. The number of hydrogen-bond donors (Lipinski definition) is 4. The van der Waals surface area contributed by atoms with Crippen LogP contribution in [0.3, 0.4) is 0 Å². The van der Waals surface area contributed by atoms with E-state index in [1.54, 1.807) is 0 Å². The van der Waals surface area contributed by atoms with E-state index in [2.05, 4.69) is 13.8 Å². The van der Waals surface area contributed by atoms with Gasteiger partial charge < -0.3 is 30.4 Å². The Morgan fingerprint density at radius 2 is 1.82 bits per heavy atom. The van der Waals surface area contributed by atoms with Crippen LogP contribution in [-0.4, -0.2) is 53.6 Å². The van der Waals surface area contributed by atoms with E-state index < -0.39 is 6.10 Å². The summed E-state index contributed by atoms with van der Waals surface area (Å²) in [5.41, 5.74) is 7.53. The number of aliphatic hydroxyl groups excluding tert-OH is 2. The number of benzene rings is 2. The zero-order valence-corrected chi connectivity index (χ0v) is 20.5. The number of aliphatic hydroxyl groups is 2. The van der Waals surface area contributed by atoms with Gasteiger partial charge in [-0.1, -0.05) is 43.6 Å². The molecule has 6 N–H and O–H groups in total. The monoisotopic (exact) mass is 497 g/mol. The Morgan fingerprint density at radius 1 is 1.15 bits per heavy atom. The highest BCUT2D eigenvalue weighted by Gasteiger charge is 2.24. The Hall–Kier alpha value is -2.16. The summed E-state index contributed by atoms with van der Waals surface area (Å²) in [4.78, 5) is 0. The minimum absolute atomic E-state index is 0.0422. The molecule has 1 unspecified atom stereocenters. The molecule has 1 atom stereocenters. The molecule has 182 valence electrons. The molecular formula is C24H33Cl2N3O4. The highest BCUT2D eigenvalue weighted by atomic mass is 35.5. The summed E-state index contributed by atoms with van der Waals surface area (Å²) in [5, 5.41) is 21.1. The Bertz CT molecular complexity index is 907. The maximum atomic E-state index is 10.1. The molecule has 0 aliphatic carbocycles. The van der Waals surface area contributed by atoms with Gasteiger partial charge in [0.05, 0.1) is 30.5 Å². The third-order valence-corrected chi connectivity index (χ3v) is 5.90. The summed E-state index contributed by atoms with van der Waals surface area (Å²) >= 11 is 12.1. The lowest BCUT2D eigenvalue weighted by Crippen LogP contribution is -2.40. The van der Waals surface area contributed by atoms with Gasteiger partial charge in [-0.2, -0.15) is 0 Å². The van der Waals surface area contributed by atoms with E-state index >= 15 is 0 Å². The summed E-state index contributed by atoms with van der Waals surface area (Å²) in [5.74, 6) is 7.58. The summed E-state index contributed by atoms with van der Waals surface area (Å²) in [6, 6.07) is 13.5. The molecule has 7 nitrogen and oxygen atoms in total. The van der Waals surface area contributed by atoms with E-state index in [9.17, 15) is 5.11 Å². The fourth-order valence-corrected chi connectivity index (χ4v) is 3.55. The van der Waals surface area contributed by atoms with Crippen molar-refractivity contribution >= 4 is 23.2 Å². The summed E-state index contributed by atoms with van der Waals surface area (Å²) < 4.78 is 11.4. The van der Waals surface area contributed by atoms with Crippen molar-refractivity contribution in [3.05, 3.63) is 70.5 Å². The number of ether oxygens (including phenoxy) is 2. The van der Waals surface area contributed by atoms with E-state index in [0.717, 1.165) is 17.5 Å². The van der Waals surface area contributed by atoms with Gasteiger partial charge in [0, 0.05) is 17.5 Å². The fraction of sp³-hybridized carbons (Fsp3) is 0.417. The van der Waals surface area contributed by atoms with Crippen molar-refractivity contribution in [3.8, 4) is 11.5 Å². The zero-order chi connectivity index (χ0) is 24.4. The number of nitrogens with zero attached hydrogens (tertiary/aromatic N) is 1. The lowest BCUT2D eigenvalue weighted by atomic mass is 9.78. The topological polar surface area (TPSA) is 114 Å². The molecule has 0 bridgehead atoms. The Balaban J connectivity index is 2.00. The molecule has 0 fully saturated rings. The van der Waals surface area contributed by atoms with Crippen molar-refractivity contribution in [1.82, 2.24) is 5.01 Å². The average Bonchev–Trinajstić information content (AvgIpc) is 2.80. The van der Waals surface area contributed by atoms with Gasteiger partial charge in [0.15, 0.2) is 0 Å². The smallest absolute Gasteiger partial charge is 0.137 e. The third-order valence-electron chi connectivity index (χ3n) is 5.34. The van der Waals surface area contributed by atoms with Gasteiger partial charge in [-0.05, 0) is 41.8 Å². The minimum Gasteiger partial charge on any atom is -0.492 e. The molecular weight excluding hydrogens is 465 g/mol. The van der Waals surface area contributed by atoms with Crippen LogP contribution in [0.2, 0.25) is 5.02 Å². The fourth-order valence-electron chi connectivity index (χ4n) is 3.21. The highest BCUT2D eigenvalue weighted by Crippen LogP contribution is 2.36. The van der Waals surface area contributed by atoms with Crippen LogP contribution >= 0.6 is 23.2 Å². The summed E-state index contributed by atoms with van der Waals surface area (Å²) in [7, 11) is 0. The quantitative estimate of drug-likeness (QED) is 0.145. The third kappa shape index (κ3) is 7.69. The van der Waals surface area contributed by atoms with Crippen LogP contribution in [0.4, 0.5) is 0 Å². The molecule has 0 saturated carbocycles. The summed E-state index contributed by atoms with van der Waals surface area (Å²) in [6.45, 7) is 4.56. The molecule has 0 heterocycles. The van der Waals surface area contributed by atoms with Crippen LogP contribution in [0.1, 0.15) is 31.4 Å². The first-order valence-corrected chi connectivity index (χ1v) is 11.6. The predicted octanol–water partition coefficient (Wildman–Crippen LogP) is 3.38. The molecule has 2 rings (SSSR count). The van der Waals surface area contributed by atoms with Crippen molar-refractivity contribution in [1.29, 1.82) is 0 Å². The van der Waals surface area contributed by atoms with Gasteiger partial charge in [-0.25, -0.2) is 5.84 Å². The first-order chi connectivity index (χ1) is 15.7. The Labute approximate surface area is 205 Å². The van der Waals surface area contributed by atoms with E-state index in [1.807, 2.05) is 42.5 Å². The number of hydrazine groups is 1. The summed E-state index contributed by atoms with van der Waals surface area (Å²) in [6.07, 6.45) is 1.10. The van der Waals surface area contributed by atoms with Crippen molar-refractivity contribution in [2.75, 3.05) is 32.2 Å². The predicted molar refractivity (Wildman–Crippen MR) is 133 cm³/mol. The molecule has 2 aromatic carbocycles. The number of halogens is 2. The first-order valence-electron chi connectivity index (χ1n) is 10.7. The number of alkyl halides is 1. The molecule has 0 saturated heterocycles. The van der Waals surface area contributed by atoms with Gasteiger partial charge in [0.1, 0.15) is 24.2 Å². The Kier molecular flexibility index (Phi) is 10.6. The van der Waals surface area contributed by atoms with Crippen molar-refractivity contribution in [3.63, 3.8) is 0 Å². The molecule has 0 aliphatic rings. The first kappa shape index (κ1) is 27.1. The van der Waals surface area contributed by atoms with E-state index in [1.165, 1.54) is 11.2 Å². The van der Waals surface area contributed by atoms with E-state index in [0.29, 0.717) is 34.7 Å². The molecule has 2 aromatic rings. The Morgan fingerprint density at radius 3 is 2.39 bits per heavy atom. The van der Waals surface area contributed by atoms with E-state index in [-0.39, 0.29) is 25.2 Å². The maximum absolute atomic E-state index is 10.1. The van der Waals surface area contributed by atoms with Crippen LogP contribution in [0.15, 0.2) is 54.4 Å². The van der Waals surface area contributed by atoms with Crippen LogP contribution in [0, 0.1) is 0 Å². The lowest BCUT2D eigenvalue weighted by Gasteiger charge is -2.27. The largest absolute Gasteiger partial charge is 0.492 e. The van der Waals surface area contributed by atoms with Crippen molar-refractivity contribution in [2.45, 2.75) is 31.8 Å². The van der Waals surface area contributed by atoms with Crippen molar-refractivity contribution < 1.29 is 19.7 Å². The second kappa shape index (κ2) is 12.9. The van der Waals surface area contributed by atoms with Gasteiger partial charge in [0.25, 0.3) is 0 Å². The van der Waals surface area contributed by atoms with Gasteiger partial charge in [-0.15, -0.1) is 11.6 Å². The minimum atomic E-state index is -0.861. The lowest BCUT2D eigenvalue weighted by molar-refractivity contribution is 0.0745. The molecule has 0 amide bonds. The molecule has 0 aromatic heterocycles. The molecule has 0 spiro atoms. The standard InChI is InChI=1S/C24H33Cl2N3O4/c1-24(2,18-6-9-23(22(26)12-18)32-11-3-10-25)17-4-7-21(8-5-17)33-16-20(31)14-29(28)19(13-27)15-30/h4-9,12-13,20,30-31H,3,10-11,14-16,27-28H2,1-2H3/b19-13-. The molecule has 33 heavy (non-hydrogen) atoms. The number of rotatable bonds is 13. The molecule has 9 heteroatoms. The molecule has 0 radical (unpaired) electrons. The normalized spacial score (nSPS) is 13.0. The number of hydrogen-bond acceptors (Lipinski definition) is 7. The van der Waals surface area contributed by atoms with Crippen LogP contribution in [-0.2, 0) is 5.41 Å². The zero-order valence-electron chi connectivity index (χ0n) is 19.0. The van der Waals surface area contributed by atoms with Gasteiger partial charge >= 0.3 is 0 Å². The van der Waals surface area contributed by atoms with E-state index in [4.69, 9.17) is 49.4 Å². The van der Waals surface area contributed by atoms with Crippen LogP contribution in [0.5, 0.6) is 11.5 Å². The van der Waals surface area contributed by atoms with Gasteiger partial charge in [0.2, 0.25) is 0 Å². The second-order valence-electron chi connectivity index (χ2n) is 8.12. The van der Waals surface area contributed by atoms with Crippen molar-refractivity contribution in [2.24, 2.45) is 11.6 Å². The number of nitrogens with two attached hydrogens (primary N) is 2.